The number of unbranched alkanes of at least 4 members (excludes halogenated alkanes) is 1. The number of hydrogen-bond acceptors (Lipinski definition) is 2. The molecule has 0 saturated carbocycles. The molecule has 110 valence electrons. The topological polar surface area (TPSA) is 49.4 Å². The molecule has 0 aliphatic rings. The fourth-order valence-electron chi connectivity index (χ4n) is 1.82. The van der Waals surface area contributed by atoms with Gasteiger partial charge in [-0.2, -0.15) is 0 Å². The van der Waals surface area contributed by atoms with Crippen LogP contribution in [-0.4, -0.2) is 29.8 Å². The quantitative estimate of drug-likeness (QED) is 0.806. The van der Waals surface area contributed by atoms with Crippen molar-refractivity contribution in [3.05, 3.63) is 28.7 Å². The molecule has 1 aromatic carbocycles. The van der Waals surface area contributed by atoms with Gasteiger partial charge in [0.05, 0.1) is 5.69 Å². The molecule has 2 amide bonds. The Hall–Kier alpha value is -1.36. The lowest BCUT2D eigenvalue weighted by atomic mass is 10.2. The maximum atomic E-state index is 12.2. The summed E-state index contributed by atoms with van der Waals surface area (Å²) in [7, 11) is 0. The molecule has 0 aliphatic heterocycles. The van der Waals surface area contributed by atoms with E-state index in [-0.39, 0.29) is 0 Å². The lowest BCUT2D eigenvalue weighted by Gasteiger charge is -2.21. The molecule has 0 aromatic heterocycles. The second kappa shape index (κ2) is 8.74. The number of anilines is 1. The van der Waals surface area contributed by atoms with Gasteiger partial charge in [0.25, 0.3) is 0 Å². The Labute approximate surface area is 128 Å². The number of para-hydroxylation sites is 1. The summed E-state index contributed by atoms with van der Waals surface area (Å²) in [5, 5.41) is 2.65. The molecule has 0 atom stereocenters. The molecule has 0 saturated heterocycles. The van der Waals surface area contributed by atoms with Gasteiger partial charge in [-0.25, -0.2) is 0 Å². The molecule has 1 aromatic rings. The fraction of sp³-hybridized carbons (Fsp3) is 0.467. The Bertz CT molecular complexity index is 463. The van der Waals surface area contributed by atoms with Crippen molar-refractivity contribution in [1.82, 2.24) is 4.90 Å². The van der Waals surface area contributed by atoms with Crippen LogP contribution in [-0.2, 0) is 9.59 Å². The molecule has 4 nitrogen and oxygen atoms in total. The minimum atomic E-state index is -0.582. The lowest BCUT2D eigenvalue weighted by molar-refractivity contribution is -0.143. The van der Waals surface area contributed by atoms with Gasteiger partial charge in [-0.15, -0.1) is 0 Å². The van der Waals surface area contributed by atoms with E-state index in [1.165, 1.54) is 0 Å². The summed E-state index contributed by atoms with van der Waals surface area (Å²) in [6.07, 6.45) is 2.76. The highest BCUT2D eigenvalue weighted by Crippen LogP contribution is 2.21. The number of hydrogen-bond donors (Lipinski definition) is 1. The van der Waals surface area contributed by atoms with Gasteiger partial charge in [0.15, 0.2) is 0 Å². The van der Waals surface area contributed by atoms with Crippen LogP contribution in [0.3, 0.4) is 0 Å². The molecule has 1 rings (SSSR count). The Kier molecular flexibility index (Phi) is 7.30. The van der Waals surface area contributed by atoms with Crippen LogP contribution >= 0.6 is 15.9 Å². The van der Waals surface area contributed by atoms with E-state index in [9.17, 15) is 9.59 Å². The van der Waals surface area contributed by atoms with Gasteiger partial charge in [0.2, 0.25) is 0 Å². The van der Waals surface area contributed by atoms with Crippen molar-refractivity contribution in [3.63, 3.8) is 0 Å². The van der Waals surface area contributed by atoms with Crippen LogP contribution in [0.1, 0.15) is 33.1 Å². The molecular weight excluding hydrogens is 320 g/mol. The first kappa shape index (κ1) is 16.7. The zero-order valence-corrected chi connectivity index (χ0v) is 13.6. The second-order valence-corrected chi connectivity index (χ2v) is 5.43. The average molecular weight is 341 g/mol. The summed E-state index contributed by atoms with van der Waals surface area (Å²) < 4.78 is 0.761. The molecule has 0 spiro atoms. The molecule has 1 N–H and O–H groups in total. The molecule has 0 aliphatic carbocycles. The summed E-state index contributed by atoms with van der Waals surface area (Å²) in [5.41, 5.74) is 0.609. The second-order valence-electron chi connectivity index (χ2n) is 4.58. The van der Waals surface area contributed by atoms with Crippen molar-refractivity contribution in [2.24, 2.45) is 0 Å². The Balaban J connectivity index is 2.69. The Morgan fingerprint density at radius 1 is 1.15 bits per heavy atom. The van der Waals surface area contributed by atoms with E-state index < -0.39 is 11.8 Å². The molecular formula is C15H21BrN2O2. The minimum absolute atomic E-state index is 0.462. The van der Waals surface area contributed by atoms with Crippen LogP contribution in [0.25, 0.3) is 0 Å². The summed E-state index contributed by atoms with van der Waals surface area (Å²) in [5.74, 6) is -1.04. The third-order valence-corrected chi connectivity index (χ3v) is 3.57. The van der Waals surface area contributed by atoms with E-state index in [4.69, 9.17) is 0 Å². The van der Waals surface area contributed by atoms with Gasteiger partial charge < -0.3 is 10.2 Å². The van der Waals surface area contributed by atoms with Crippen LogP contribution in [0.5, 0.6) is 0 Å². The molecule has 0 bridgehead atoms. The maximum absolute atomic E-state index is 12.2. The highest BCUT2D eigenvalue weighted by atomic mass is 79.9. The predicted molar refractivity (Wildman–Crippen MR) is 84.6 cm³/mol. The number of nitrogens with zero attached hydrogens (tertiary/aromatic N) is 1. The number of benzene rings is 1. The Morgan fingerprint density at radius 3 is 2.45 bits per heavy atom. The summed E-state index contributed by atoms with van der Waals surface area (Å²) in [4.78, 5) is 25.8. The first-order chi connectivity index (χ1) is 9.60. The molecule has 0 radical (unpaired) electrons. The van der Waals surface area contributed by atoms with Crippen molar-refractivity contribution in [1.29, 1.82) is 0 Å². The van der Waals surface area contributed by atoms with Crippen molar-refractivity contribution in [2.45, 2.75) is 33.1 Å². The highest BCUT2D eigenvalue weighted by molar-refractivity contribution is 9.10. The first-order valence-electron chi connectivity index (χ1n) is 6.94. The van der Waals surface area contributed by atoms with E-state index in [0.717, 1.165) is 23.7 Å². The molecule has 20 heavy (non-hydrogen) atoms. The van der Waals surface area contributed by atoms with E-state index in [2.05, 4.69) is 28.2 Å². The van der Waals surface area contributed by atoms with Gasteiger partial charge in [0.1, 0.15) is 0 Å². The highest BCUT2D eigenvalue weighted by Gasteiger charge is 2.21. The smallest absolute Gasteiger partial charge is 0.313 e. The zero-order valence-electron chi connectivity index (χ0n) is 12.0. The molecule has 0 unspecified atom stereocenters. The third kappa shape index (κ3) is 4.96. The van der Waals surface area contributed by atoms with Crippen LogP contribution in [0.2, 0.25) is 0 Å². The molecule has 0 heterocycles. The number of carbonyl (C=O) groups is 2. The fourth-order valence-corrected chi connectivity index (χ4v) is 2.20. The zero-order chi connectivity index (χ0) is 15.0. The monoisotopic (exact) mass is 340 g/mol. The maximum Gasteiger partial charge on any atom is 0.313 e. The van der Waals surface area contributed by atoms with E-state index in [0.29, 0.717) is 18.8 Å². The number of rotatable bonds is 6. The van der Waals surface area contributed by atoms with E-state index in [1.807, 2.05) is 25.1 Å². The number of halogens is 1. The van der Waals surface area contributed by atoms with Gasteiger partial charge in [-0.05, 0) is 40.9 Å². The van der Waals surface area contributed by atoms with Crippen molar-refractivity contribution in [2.75, 3.05) is 18.4 Å². The predicted octanol–water partition coefficient (Wildman–Crippen LogP) is 3.43. The van der Waals surface area contributed by atoms with Crippen molar-refractivity contribution < 1.29 is 9.59 Å². The SMILES string of the molecule is CCCCN(CCC)C(=O)C(=O)Nc1ccccc1Br. The molecule has 0 fully saturated rings. The standard InChI is InChI=1S/C15H21BrN2O2/c1-3-5-11-18(10-4-2)15(20)14(19)17-13-9-7-6-8-12(13)16/h6-9H,3-5,10-11H2,1-2H3,(H,17,19). The number of nitrogens with one attached hydrogen (secondary N) is 1. The summed E-state index contributed by atoms with van der Waals surface area (Å²) in [6.45, 7) is 5.31. The lowest BCUT2D eigenvalue weighted by Crippen LogP contribution is -2.40. The van der Waals surface area contributed by atoms with Gasteiger partial charge >= 0.3 is 11.8 Å². The number of amides is 2. The largest absolute Gasteiger partial charge is 0.334 e. The summed E-state index contributed by atoms with van der Waals surface area (Å²) >= 11 is 3.34. The normalized spacial score (nSPS) is 10.2. The van der Waals surface area contributed by atoms with E-state index in [1.54, 1.807) is 11.0 Å². The van der Waals surface area contributed by atoms with Gasteiger partial charge in [-0.3, -0.25) is 9.59 Å². The first-order valence-corrected chi connectivity index (χ1v) is 7.74. The van der Waals surface area contributed by atoms with Gasteiger partial charge in [0, 0.05) is 17.6 Å². The minimum Gasteiger partial charge on any atom is -0.334 e. The summed E-state index contributed by atoms with van der Waals surface area (Å²) in [6, 6.07) is 7.24. The van der Waals surface area contributed by atoms with Crippen LogP contribution in [0.15, 0.2) is 28.7 Å². The van der Waals surface area contributed by atoms with Crippen LogP contribution in [0.4, 0.5) is 5.69 Å². The molecule has 5 heteroatoms. The third-order valence-electron chi connectivity index (χ3n) is 2.88. The Morgan fingerprint density at radius 2 is 1.85 bits per heavy atom. The van der Waals surface area contributed by atoms with Crippen LogP contribution < -0.4 is 5.32 Å². The van der Waals surface area contributed by atoms with Gasteiger partial charge in [-0.1, -0.05) is 32.4 Å². The van der Waals surface area contributed by atoms with Crippen molar-refractivity contribution >= 4 is 33.4 Å². The number of carbonyl (C=O) groups excluding carboxylic acids is 2. The van der Waals surface area contributed by atoms with E-state index >= 15 is 0 Å². The van der Waals surface area contributed by atoms with Crippen LogP contribution in [0, 0.1) is 0 Å². The van der Waals surface area contributed by atoms with Crippen molar-refractivity contribution in [3.8, 4) is 0 Å². The average Bonchev–Trinajstić information content (AvgIpc) is 2.45.